The van der Waals surface area contributed by atoms with Crippen molar-refractivity contribution in [1.29, 1.82) is 0 Å². The van der Waals surface area contributed by atoms with Crippen molar-refractivity contribution in [3.05, 3.63) is 30.3 Å². The van der Waals surface area contributed by atoms with Crippen molar-refractivity contribution < 1.29 is 4.74 Å². The summed E-state index contributed by atoms with van der Waals surface area (Å²) >= 11 is 0. The number of anilines is 1. The number of ether oxygens (including phenoxy) is 1. The van der Waals surface area contributed by atoms with E-state index in [1.807, 2.05) is 14.2 Å². The number of aliphatic imine (C=N–C) groups is 1. The molecule has 1 aromatic rings. The summed E-state index contributed by atoms with van der Waals surface area (Å²) in [7, 11) is 3.67. The van der Waals surface area contributed by atoms with Crippen molar-refractivity contribution in [1.82, 2.24) is 10.6 Å². The van der Waals surface area contributed by atoms with Crippen molar-refractivity contribution >= 4 is 35.6 Å². The van der Waals surface area contributed by atoms with Crippen molar-refractivity contribution in [3.63, 3.8) is 0 Å². The molecule has 0 aromatic heterocycles. The number of nitrogens with one attached hydrogen (secondary N) is 2. The van der Waals surface area contributed by atoms with E-state index in [4.69, 9.17) is 4.74 Å². The Labute approximate surface area is 181 Å². The summed E-state index contributed by atoms with van der Waals surface area (Å²) < 4.78 is 5.73. The van der Waals surface area contributed by atoms with E-state index in [1.54, 1.807) is 0 Å². The zero-order valence-electron chi connectivity index (χ0n) is 17.3. The van der Waals surface area contributed by atoms with Gasteiger partial charge in [-0.2, -0.15) is 0 Å². The molecule has 0 bridgehead atoms. The van der Waals surface area contributed by atoms with Crippen molar-refractivity contribution in [2.75, 3.05) is 32.1 Å². The molecule has 3 rings (SSSR count). The van der Waals surface area contributed by atoms with Gasteiger partial charge in [-0.1, -0.05) is 32.0 Å². The van der Waals surface area contributed by atoms with Crippen molar-refractivity contribution in [2.24, 2.45) is 10.4 Å². The fourth-order valence-corrected chi connectivity index (χ4v) is 4.17. The molecule has 2 N–H and O–H groups in total. The van der Waals surface area contributed by atoms with E-state index in [0.717, 1.165) is 38.3 Å². The number of hydrogen-bond donors (Lipinski definition) is 2. The highest BCUT2D eigenvalue weighted by Gasteiger charge is 2.58. The van der Waals surface area contributed by atoms with E-state index in [9.17, 15) is 0 Å². The van der Waals surface area contributed by atoms with Crippen LogP contribution in [0.1, 0.15) is 40.0 Å². The smallest absolute Gasteiger partial charge is 0.191 e. The van der Waals surface area contributed by atoms with Crippen LogP contribution in [0.2, 0.25) is 0 Å². The summed E-state index contributed by atoms with van der Waals surface area (Å²) in [5, 5.41) is 7.25. The molecule has 5 nitrogen and oxygen atoms in total. The van der Waals surface area contributed by atoms with Gasteiger partial charge in [0.25, 0.3) is 0 Å². The highest BCUT2D eigenvalue weighted by Crippen LogP contribution is 2.51. The molecule has 0 amide bonds. The Morgan fingerprint density at radius 1 is 1.11 bits per heavy atom. The van der Waals surface area contributed by atoms with Gasteiger partial charge in [0.2, 0.25) is 0 Å². The maximum absolute atomic E-state index is 5.73. The molecule has 152 valence electrons. The molecule has 2 fully saturated rings. The Bertz CT molecular complexity index is 628. The van der Waals surface area contributed by atoms with Gasteiger partial charge in [-0.3, -0.25) is 4.99 Å². The number of hydrogen-bond acceptors (Lipinski definition) is 3. The summed E-state index contributed by atoms with van der Waals surface area (Å²) in [5.41, 5.74) is 1.34. The van der Waals surface area contributed by atoms with E-state index in [-0.39, 0.29) is 35.0 Å². The highest BCUT2D eigenvalue weighted by atomic mass is 127. The standard InChI is InChI=1S/C21H34N4O.HI/c1-20(2)18(15-21(20,3)26-5)24-19(22-4)23-16-11-13-25(14-12-16)17-9-7-6-8-10-17;/h6-10,16,18H,11-15H2,1-5H3,(H2,22,23,24);1H. The Hall–Kier alpha value is -1.02. The van der Waals surface area contributed by atoms with Crippen LogP contribution in [0.3, 0.4) is 0 Å². The van der Waals surface area contributed by atoms with Crippen LogP contribution in [0.15, 0.2) is 35.3 Å². The van der Waals surface area contributed by atoms with Gasteiger partial charge in [0.15, 0.2) is 5.96 Å². The van der Waals surface area contributed by atoms with Gasteiger partial charge >= 0.3 is 0 Å². The number of nitrogens with zero attached hydrogens (tertiary/aromatic N) is 2. The van der Waals surface area contributed by atoms with E-state index >= 15 is 0 Å². The van der Waals surface area contributed by atoms with Crippen LogP contribution >= 0.6 is 24.0 Å². The summed E-state index contributed by atoms with van der Waals surface area (Å²) in [5.74, 6) is 0.916. The van der Waals surface area contributed by atoms with Gasteiger partial charge < -0.3 is 20.3 Å². The first kappa shape index (κ1) is 22.3. The van der Waals surface area contributed by atoms with Crippen molar-refractivity contribution in [3.8, 4) is 0 Å². The zero-order chi connectivity index (χ0) is 18.8. The SMILES string of the molecule is CN=C(NC1CCN(c2ccccc2)CC1)NC1CC(C)(OC)C1(C)C.I. The van der Waals surface area contributed by atoms with Gasteiger partial charge in [0.05, 0.1) is 5.60 Å². The average molecular weight is 486 g/mol. The minimum atomic E-state index is -0.0649. The van der Waals surface area contributed by atoms with Crippen LogP contribution in [0, 0.1) is 5.41 Å². The second-order valence-corrected chi connectivity index (χ2v) is 8.37. The van der Waals surface area contributed by atoms with Crippen LogP contribution in [0.5, 0.6) is 0 Å². The Kier molecular flexibility index (Phi) is 7.41. The van der Waals surface area contributed by atoms with E-state index < -0.39 is 0 Å². The van der Waals surface area contributed by atoms with E-state index in [1.165, 1.54) is 5.69 Å². The highest BCUT2D eigenvalue weighted by molar-refractivity contribution is 14.0. The quantitative estimate of drug-likeness (QED) is 0.388. The number of methoxy groups -OCH3 is 1. The lowest BCUT2D eigenvalue weighted by atomic mass is 9.56. The Morgan fingerprint density at radius 3 is 2.26 bits per heavy atom. The van der Waals surface area contributed by atoms with Crippen LogP contribution in [0.4, 0.5) is 5.69 Å². The summed E-state index contributed by atoms with van der Waals surface area (Å²) in [6.45, 7) is 8.89. The maximum atomic E-state index is 5.73. The van der Waals surface area contributed by atoms with E-state index in [0.29, 0.717) is 12.1 Å². The number of halogens is 1. The predicted molar refractivity (Wildman–Crippen MR) is 124 cm³/mol. The molecule has 1 saturated heterocycles. The molecule has 0 spiro atoms. The third-order valence-electron chi connectivity index (χ3n) is 6.77. The first-order chi connectivity index (χ1) is 12.4. The van der Waals surface area contributed by atoms with Crippen LogP contribution in [-0.2, 0) is 4.74 Å². The molecule has 2 atom stereocenters. The minimum Gasteiger partial charge on any atom is -0.378 e. The lowest BCUT2D eigenvalue weighted by Gasteiger charge is -2.59. The molecule has 0 radical (unpaired) electrons. The lowest BCUT2D eigenvalue weighted by molar-refractivity contribution is -0.176. The Morgan fingerprint density at radius 2 is 1.74 bits per heavy atom. The molecule has 1 saturated carbocycles. The fourth-order valence-electron chi connectivity index (χ4n) is 4.17. The van der Waals surface area contributed by atoms with Crippen LogP contribution in [-0.4, -0.2) is 50.9 Å². The molecule has 1 aromatic carbocycles. The van der Waals surface area contributed by atoms with Crippen LogP contribution < -0.4 is 15.5 Å². The molecule has 27 heavy (non-hydrogen) atoms. The first-order valence-electron chi connectivity index (χ1n) is 9.74. The topological polar surface area (TPSA) is 48.9 Å². The molecule has 1 aliphatic heterocycles. The van der Waals surface area contributed by atoms with Crippen LogP contribution in [0.25, 0.3) is 0 Å². The molecule has 1 heterocycles. The summed E-state index contributed by atoms with van der Waals surface area (Å²) in [6, 6.07) is 11.5. The molecule has 2 aliphatic rings. The maximum Gasteiger partial charge on any atom is 0.191 e. The number of piperidine rings is 1. The van der Waals surface area contributed by atoms with Gasteiger partial charge in [-0.25, -0.2) is 0 Å². The predicted octanol–water partition coefficient (Wildman–Crippen LogP) is 3.64. The number of para-hydroxylation sites is 1. The molecule has 1 aliphatic carbocycles. The third kappa shape index (κ3) is 4.53. The molecular weight excluding hydrogens is 451 g/mol. The average Bonchev–Trinajstić information content (AvgIpc) is 2.67. The fraction of sp³-hybridized carbons (Fsp3) is 0.667. The number of guanidine groups is 1. The minimum absolute atomic E-state index is 0. The van der Waals surface area contributed by atoms with E-state index in [2.05, 4.69) is 71.6 Å². The number of rotatable bonds is 4. The normalized spacial score (nSPS) is 28.1. The Balaban J connectivity index is 0.00000261. The second kappa shape index (κ2) is 8.99. The molecule has 2 unspecified atom stereocenters. The first-order valence-corrected chi connectivity index (χ1v) is 9.74. The van der Waals surface area contributed by atoms with Crippen molar-refractivity contribution in [2.45, 2.75) is 57.7 Å². The third-order valence-corrected chi connectivity index (χ3v) is 6.77. The summed E-state index contributed by atoms with van der Waals surface area (Å²) in [4.78, 5) is 6.93. The molecular formula is C21H35IN4O. The van der Waals surface area contributed by atoms with Gasteiger partial charge in [0, 0.05) is 50.4 Å². The van der Waals surface area contributed by atoms with Gasteiger partial charge in [0.1, 0.15) is 0 Å². The zero-order valence-corrected chi connectivity index (χ0v) is 19.6. The molecule has 6 heteroatoms. The monoisotopic (exact) mass is 486 g/mol. The number of benzene rings is 1. The summed E-state index contributed by atoms with van der Waals surface area (Å²) in [6.07, 6.45) is 3.25. The second-order valence-electron chi connectivity index (χ2n) is 8.37. The van der Waals surface area contributed by atoms with Gasteiger partial charge in [-0.15, -0.1) is 24.0 Å². The van der Waals surface area contributed by atoms with Gasteiger partial charge in [-0.05, 0) is 38.3 Å². The lowest BCUT2D eigenvalue weighted by Crippen LogP contribution is -2.69. The largest absolute Gasteiger partial charge is 0.378 e.